The highest BCUT2D eigenvalue weighted by Crippen LogP contribution is 2.65. The van der Waals surface area contributed by atoms with Crippen LogP contribution < -0.4 is 0 Å². The first-order chi connectivity index (χ1) is 14.2. The molecule has 0 nitrogen and oxygen atoms in total. The van der Waals surface area contributed by atoms with E-state index in [2.05, 4.69) is 131 Å². The summed E-state index contributed by atoms with van der Waals surface area (Å²) in [6.45, 7) is 44.5. The fourth-order valence-electron chi connectivity index (χ4n) is 6.02. The third-order valence-electron chi connectivity index (χ3n) is 7.03. The normalized spacial score (nSPS) is 19.8. The molecule has 194 valence electrons. The fraction of sp³-hybridized carbons (Fsp3) is 0.871. The van der Waals surface area contributed by atoms with Gasteiger partial charge in [0.1, 0.15) is 0 Å². The van der Waals surface area contributed by atoms with Gasteiger partial charge in [-0.3, -0.25) is 0 Å². The molecule has 1 aliphatic rings. The molecule has 1 unspecified atom stereocenters. The Kier molecular flexibility index (Phi) is 9.18. The van der Waals surface area contributed by atoms with Crippen molar-refractivity contribution in [2.75, 3.05) is 12.3 Å². The molecule has 1 rings (SSSR count). The summed E-state index contributed by atoms with van der Waals surface area (Å²) in [5.74, 6) is 0.555. The van der Waals surface area contributed by atoms with E-state index in [0.29, 0.717) is 26.5 Å². The van der Waals surface area contributed by atoms with E-state index in [1.54, 1.807) is 16.7 Å². The lowest BCUT2D eigenvalue weighted by molar-refractivity contribution is 0.281. The van der Waals surface area contributed by atoms with Crippen LogP contribution in [0.25, 0.3) is 0 Å². The first kappa shape index (κ1) is 31.4. The van der Waals surface area contributed by atoms with Gasteiger partial charge in [0.2, 0.25) is 0 Å². The molecular weight excluding hydrogens is 434 g/mol. The second kappa shape index (κ2) is 9.66. The summed E-state index contributed by atoms with van der Waals surface area (Å²) in [7, 11) is -0.341. The second-order valence-corrected chi connectivity index (χ2v) is 24.3. The van der Waals surface area contributed by atoms with Crippen LogP contribution in [0.2, 0.25) is 0 Å². The fourth-order valence-corrected chi connectivity index (χ4v) is 13.3. The van der Waals surface area contributed by atoms with Crippen LogP contribution in [0.4, 0.5) is 0 Å². The third kappa shape index (κ3) is 8.18. The zero-order valence-corrected chi connectivity index (χ0v) is 27.8. The van der Waals surface area contributed by atoms with Crippen molar-refractivity contribution in [2.45, 2.75) is 145 Å². The monoisotopic (exact) mass is 494 g/mol. The van der Waals surface area contributed by atoms with Crippen LogP contribution in [-0.2, 0) is 0 Å². The van der Waals surface area contributed by atoms with Gasteiger partial charge in [-0.25, -0.2) is 0 Å². The Balaban J connectivity index is 3.83. The molecule has 0 aromatic heterocycles. The summed E-state index contributed by atoms with van der Waals surface area (Å²) in [5, 5.41) is 1.38. The average molecular weight is 495 g/mol. The molecular formula is C31H60P2. The summed E-state index contributed by atoms with van der Waals surface area (Å²) in [4.78, 5) is 0. The number of hydrogen-bond donors (Lipinski definition) is 0. The standard InChI is InChI=1S/C31H60P2/c1-26(2,3)24-19-22(20-32(28(7,8)9)29(10,11)12)23(25(24)27(4,5)6)21-33(30(13,14)15)31(16,17)18/h19,25H,20-21H2,1-18H3. The van der Waals surface area contributed by atoms with E-state index < -0.39 is 0 Å². The van der Waals surface area contributed by atoms with E-state index >= 15 is 0 Å². The van der Waals surface area contributed by atoms with Gasteiger partial charge >= 0.3 is 0 Å². The van der Waals surface area contributed by atoms with Gasteiger partial charge in [-0.1, -0.05) is 158 Å². The van der Waals surface area contributed by atoms with Crippen molar-refractivity contribution < 1.29 is 0 Å². The topological polar surface area (TPSA) is 0 Å². The van der Waals surface area contributed by atoms with Crippen molar-refractivity contribution >= 4 is 15.8 Å². The predicted molar refractivity (Wildman–Crippen MR) is 160 cm³/mol. The highest BCUT2D eigenvalue weighted by atomic mass is 31.1. The zero-order valence-electron chi connectivity index (χ0n) is 26.0. The van der Waals surface area contributed by atoms with E-state index in [1.807, 2.05) is 0 Å². The van der Waals surface area contributed by atoms with Crippen LogP contribution in [-0.4, -0.2) is 32.9 Å². The summed E-state index contributed by atoms with van der Waals surface area (Å²) in [6, 6.07) is 0. The molecule has 33 heavy (non-hydrogen) atoms. The zero-order chi connectivity index (χ0) is 26.6. The van der Waals surface area contributed by atoms with Crippen LogP contribution in [0.1, 0.15) is 125 Å². The maximum Gasteiger partial charge on any atom is 0.00735 e. The van der Waals surface area contributed by atoms with Gasteiger partial charge in [-0.15, -0.1) is 0 Å². The molecule has 1 aliphatic carbocycles. The molecule has 0 aliphatic heterocycles. The molecule has 0 N–H and O–H groups in total. The van der Waals surface area contributed by atoms with Crippen molar-refractivity contribution in [2.24, 2.45) is 16.7 Å². The first-order valence-electron chi connectivity index (χ1n) is 13.2. The molecule has 0 aromatic carbocycles. The smallest absolute Gasteiger partial charge is 0.00735 e. The second-order valence-electron chi connectivity index (χ2n) is 16.6. The molecule has 0 fully saturated rings. The Morgan fingerprint density at radius 3 is 1.15 bits per heavy atom. The van der Waals surface area contributed by atoms with Crippen LogP contribution in [0.5, 0.6) is 0 Å². The first-order valence-corrected chi connectivity index (χ1v) is 16.2. The maximum atomic E-state index is 2.69. The van der Waals surface area contributed by atoms with Crippen molar-refractivity contribution in [3.05, 3.63) is 22.8 Å². The lowest BCUT2D eigenvalue weighted by atomic mass is 9.67. The molecule has 1 atom stereocenters. The van der Waals surface area contributed by atoms with Gasteiger partial charge in [0.05, 0.1) is 0 Å². The van der Waals surface area contributed by atoms with E-state index in [-0.39, 0.29) is 26.7 Å². The molecule has 0 amide bonds. The van der Waals surface area contributed by atoms with Crippen LogP contribution in [0.3, 0.4) is 0 Å². The summed E-state index contributed by atoms with van der Waals surface area (Å²) in [6.07, 6.45) is 5.24. The summed E-state index contributed by atoms with van der Waals surface area (Å²) >= 11 is 0. The lowest BCUT2D eigenvalue weighted by Crippen LogP contribution is -2.33. The number of rotatable bonds is 4. The van der Waals surface area contributed by atoms with Crippen molar-refractivity contribution in [1.29, 1.82) is 0 Å². The molecule has 0 heterocycles. The Morgan fingerprint density at radius 1 is 0.545 bits per heavy atom. The Bertz CT molecular complexity index is 710. The van der Waals surface area contributed by atoms with Gasteiger partial charge in [0.15, 0.2) is 0 Å². The Morgan fingerprint density at radius 2 is 0.879 bits per heavy atom. The minimum atomic E-state index is -0.174. The summed E-state index contributed by atoms with van der Waals surface area (Å²) in [5.41, 5.74) is 5.61. The quantitative estimate of drug-likeness (QED) is 0.341. The molecule has 2 heteroatoms. The Hall–Kier alpha value is 0.340. The molecule has 0 saturated heterocycles. The molecule has 0 bridgehead atoms. The lowest BCUT2D eigenvalue weighted by Gasteiger charge is -2.46. The maximum absolute atomic E-state index is 2.69. The SMILES string of the molecule is CC(C)(C)C1=CC(CP(C(C)(C)C)C(C)(C)C)=C(CP(C(C)(C)C)C(C)(C)C)C1C(C)(C)C. The van der Waals surface area contributed by atoms with E-state index in [0.717, 1.165) is 0 Å². The average Bonchev–Trinajstić information content (AvgIpc) is 2.84. The van der Waals surface area contributed by atoms with E-state index in [4.69, 9.17) is 0 Å². The minimum Gasteiger partial charge on any atom is -0.0914 e. The van der Waals surface area contributed by atoms with Crippen molar-refractivity contribution in [3.63, 3.8) is 0 Å². The largest absolute Gasteiger partial charge is 0.0914 e. The number of hydrogen-bond acceptors (Lipinski definition) is 0. The Labute approximate surface area is 212 Å². The van der Waals surface area contributed by atoms with Crippen molar-refractivity contribution in [3.8, 4) is 0 Å². The van der Waals surface area contributed by atoms with Crippen molar-refractivity contribution in [1.82, 2.24) is 0 Å². The number of allylic oxidation sites excluding steroid dienone is 4. The summed E-state index contributed by atoms with van der Waals surface area (Å²) < 4.78 is 0. The van der Waals surface area contributed by atoms with Crippen LogP contribution in [0, 0.1) is 16.7 Å². The van der Waals surface area contributed by atoms with Gasteiger partial charge < -0.3 is 0 Å². The van der Waals surface area contributed by atoms with Crippen LogP contribution in [0.15, 0.2) is 22.8 Å². The minimum absolute atomic E-state index is 0.167. The van der Waals surface area contributed by atoms with E-state index in [9.17, 15) is 0 Å². The van der Waals surface area contributed by atoms with Gasteiger partial charge in [0, 0.05) is 5.92 Å². The van der Waals surface area contributed by atoms with Crippen LogP contribution >= 0.6 is 15.8 Å². The highest BCUT2D eigenvalue weighted by Gasteiger charge is 2.45. The highest BCUT2D eigenvalue weighted by molar-refractivity contribution is 7.61. The molecule has 0 spiro atoms. The molecule has 0 radical (unpaired) electrons. The van der Waals surface area contributed by atoms with Gasteiger partial charge in [-0.2, -0.15) is 0 Å². The molecule has 0 aromatic rings. The molecule has 0 saturated carbocycles. The van der Waals surface area contributed by atoms with Gasteiger partial charge in [-0.05, 0) is 49.4 Å². The van der Waals surface area contributed by atoms with E-state index in [1.165, 1.54) is 12.3 Å². The third-order valence-corrected chi connectivity index (χ3v) is 14.8. The predicted octanol–water partition coefficient (Wildman–Crippen LogP) is 11.1. The van der Waals surface area contributed by atoms with Gasteiger partial charge in [0.25, 0.3) is 0 Å².